The Morgan fingerprint density at radius 3 is 2.12 bits per heavy atom. The van der Waals surface area contributed by atoms with Gasteiger partial charge in [-0.25, -0.2) is 9.29 Å². The number of halogens is 2. The molecule has 168 valence electrons. The van der Waals surface area contributed by atoms with Gasteiger partial charge in [0.15, 0.2) is 0 Å². The highest BCUT2D eigenvalue weighted by molar-refractivity contribution is 6.46. The van der Waals surface area contributed by atoms with Gasteiger partial charge in [0.2, 0.25) is 0 Å². The molecule has 0 bridgehead atoms. The molecule has 0 atom stereocenters. The largest absolute Gasteiger partial charge is 0.350 e. The summed E-state index contributed by atoms with van der Waals surface area (Å²) in [6, 6.07) is 18.3. The van der Waals surface area contributed by atoms with Gasteiger partial charge in [0.1, 0.15) is 11.5 Å². The van der Waals surface area contributed by atoms with Crippen LogP contribution < -0.4 is 10.2 Å². The van der Waals surface area contributed by atoms with E-state index in [0.29, 0.717) is 22.0 Å². The number of aryl methyl sites for hydroxylation is 1. The van der Waals surface area contributed by atoms with Crippen LogP contribution in [0.25, 0.3) is 5.57 Å². The van der Waals surface area contributed by atoms with Crippen molar-refractivity contribution in [1.82, 2.24) is 0 Å². The van der Waals surface area contributed by atoms with E-state index in [1.54, 1.807) is 25.1 Å². The Hall–Kier alpha value is -3.44. The lowest BCUT2D eigenvalue weighted by Crippen LogP contribution is -2.33. The lowest BCUT2D eigenvalue weighted by molar-refractivity contribution is -0.120. The Morgan fingerprint density at radius 1 is 0.879 bits per heavy atom. The van der Waals surface area contributed by atoms with Crippen molar-refractivity contribution in [2.24, 2.45) is 0 Å². The van der Waals surface area contributed by atoms with E-state index in [1.807, 2.05) is 24.3 Å². The highest BCUT2D eigenvalue weighted by Gasteiger charge is 2.41. The highest BCUT2D eigenvalue weighted by atomic mass is 35.5. The third-order valence-electron chi connectivity index (χ3n) is 5.65. The van der Waals surface area contributed by atoms with Gasteiger partial charge >= 0.3 is 0 Å². The fourth-order valence-electron chi connectivity index (χ4n) is 3.77. The number of rotatable bonds is 4. The number of carbonyl (C=O) groups excluding carboxylic acids is 2. The van der Waals surface area contributed by atoms with Gasteiger partial charge in [-0.1, -0.05) is 62.7 Å². The van der Waals surface area contributed by atoms with Crippen LogP contribution in [0.15, 0.2) is 72.4 Å². The van der Waals surface area contributed by atoms with Gasteiger partial charge < -0.3 is 5.32 Å². The van der Waals surface area contributed by atoms with Crippen LogP contribution in [0.1, 0.15) is 37.5 Å². The molecule has 0 radical (unpaired) electrons. The number of hydrogen-bond acceptors (Lipinski definition) is 3. The number of anilines is 2. The minimum Gasteiger partial charge on any atom is -0.350 e. The van der Waals surface area contributed by atoms with Gasteiger partial charge in [0.05, 0.1) is 11.3 Å². The minimum absolute atomic E-state index is 0.0167. The van der Waals surface area contributed by atoms with Gasteiger partial charge in [0.25, 0.3) is 11.8 Å². The third-order valence-corrected chi connectivity index (χ3v) is 5.88. The molecule has 0 unspecified atom stereocenters. The maximum atomic E-state index is 13.6. The molecule has 2 amide bonds. The molecule has 0 fully saturated rings. The first-order valence-corrected chi connectivity index (χ1v) is 11.0. The standard InChI is InChI=1S/C27H24ClFN2O2/c1-16-5-10-19(28)15-22(16)31-25(32)23(17-6-11-20(29)12-7-17)24(26(31)33)30-21-13-8-18(9-14-21)27(2,3)4/h5-15,30H,1-4H3. The lowest BCUT2D eigenvalue weighted by Gasteiger charge is -2.20. The van der Waals surface area contributed by atoms with Crippen LogP contribution in [-0.2, 0) is 15.0 Å². The second-order valence-electron chi connectivity index (χ2n) is 9.09. The van der Waals surface area contributed by atoms with Crippen molar-refractivity contribution in [3.8, 4) is 0 Å². The van der Waals surface area contributed by atoms with Crippen LogP contribution in [0.5, 0.6) is 0 Å². The summed E-state index contributed by atoms with van der Waals surface area (Å²) in [7, 11) is 0. The molecular formula is C27H24ClFN2O2. The average Bonchev–Trinajstić information content (AvgIpc) is 3.00. The zero-order valence-electron chi connectivity index (χ0n) is 18.9. The van der Waals surface area contributed by atoms with Crippen LogP contribution in [0.2, 0.25) is 5.02 Å². The molecule has 4 nitrogen and oxygen atoms in total. The molecular weight excluding hydrogens is 439 g/mol. The molecule has 0 aliphatic carbocycles. The van der Waals surface area contributed by atoms with Crippen molar-refractivity contribution in [3.63, 3.8) is 0 Å². The number of hydrogen-bond donors (Lipinski definition) is 1. The fraction of sp³-hybridized carbons (Fsp3) is 0.185. The maximum Gasteiger partial charge on any atom is 0.282 e. The van der Waals surface area contributed by atoms with Crippen molar-refractivity contribution < 1.29 is 14.0 Å². The molecule has 1 heterocycles. The van der Waals surface area contributed by atoms with E-state index in [4.69, 9.17) is 11.6 Å². The Balaban J connectivity index is 1.80. The lowest BCUT2D eigenvalue weighted by atomic mass is 9.87. The number of nitrogens with one attached hydrogen (secondary N) is 1. The van der Waals surface area contributed by atoms with E-state index in [-0.39, 0.29) is 16.7 Å². The van der Waals surface area contributed by atoms with Crippen molar-refractivity contribution in [2.75, 3.05) is 10.2 Å². The van der Waals surface area contributed by atoms with Gasteiger partial charge in [-0.3, -0.25) is 9.59 Å². The molecule has 1 N–H and O–H groups in total. The molecule has 0 saturated carbocycles. The summed E-state index contributed by atoms with van der Waals surface area (Å²) in [4.78, 5) is 28.2. The third kappa shape index (κ3) is 4.41. The summed E-state index contributed by atoms with van der Waals surface area (Å²) >= 11 is 6.16. The zero-order valence-corrected chi connectivity index (χ0v) is 19.6. The molecule has 0 aromatic heterocycles. The quantitative estimate of drug-likeness (QED) is 0.451. The highest BCUT2D eigenvalue weighted by Crippen LogP contribution is 2.36. The fourth-order valence-corrected chi connectivity index (χ4v) is 3.94. The van der Waals surface area contributed by atoms with E-state index in [0.717, 1.165) is 16.0 Å². The Labute approximate surface area is 197 Å². The van der Waals surface area contributed by atoms with Crippen molar-refractivity contribution in [3.05, 3.63) is 100.0 Å². The second-order valence-corrected chi connectivity index (χ2v) is 9.52. The monoisotopic (exact) mass is 462 g/mol. The van der Waals surface area contributed by atoms with Crippen molar-refractivity contribution in [2.45, 2.75) is 33.1 Å². The Morgan fingerprint density at radius 2 is 1.52 bits per heavy atom. The predicted molar refractivity (Wildman–Crippen MR) is 131 cm³/mol. The first-order valence-electron chi connectivity index (χ1n) is 10.6. The molecule has 0 saturated heterocycles. The number of amides is 2. The molecule has 3 aromatic rings. The number of nitrogens with zero attached hydrogens (tertiary/aromatic N) is 1. The van der Waals surface area contributed by atoms with Crippen LogP contribution in [0, 0.1) is 12.7 Å². The van der Waals surface area contributed by atoms with Crippen molar-refractivity contribution in [1.29, 1.82) is 0 Å². The number of carbonyl (C=O) groups is 2. The Kier molecular flexibility index (Phi) is 5.85. The number of imide groups is 1. The summed E-state index contributed by atoms with van der Waals surface area (Å²) in [6.07, 6.45) is 0. The summed E-state index contributed by atoms with van der Waals surface area (Å²) in [5.41, 5.74) is 3.71. The molecule has 33 heavy (non-hydrogen) atoms. The van der Waals surface area contributed by atoms with E-state index < -0.39 is 17.6 Å². The molecule has 1 aliphatic heterocycles. The van der Waals surface area contributed by atoms with Crippen LogP contribution >= 0.6 is 11.6 Å². The molecule has 3 aromatic carbocycles. The zero-order chi connectivity index (χ0) is 23.9. The van der Waals surface area contributed by atoms with E-state index in [2.05, 4.69) is 26.1 Å². The second kappa shape index (κ2) is 8.49. The van der Waals surface area contributed by atoms with Crippen molar-refractivity contribution >= 4 is 40.4 Å². The topological polar surface area (TPSA) is 49.4 Å². The first kappa shape index (κ1) is 22.7. The molecule has 6 heteroatoms. The smallest absolute Gasteiger partial charge is 0.282 e. The minimum atomic E-state index is -0.496. The predicted octanol–water partition coefficient (Wildman–Crippen LogP) is 6.48. The van der Waals surface area contributed by atoms with Gasteiger partial charge in [-0.15, -0.1) is 0 Å². The molecule has 4 rings (SSSR count). The van der Waals surface area contributed by atoms with Crippen LogP contribution in [0.4, 0.5) is 15.8 Å². The Bertz CT molecular complexity index is 1270. The normalized spacial score (nSPS) is 14.3. The average molecular weight is 463 g/mol. The molecule has 1 aliphatic rings. The summed E-state index contributed by atoms with van der Waals surface area (Å²) in [5, 5.41) is 3.55. The van der Waals surface area contributed by atoms with Gasteiger partial charge in [-0.05, 0) is 65.4 Å². The van der Waals surface area contributed by atoms with Crippen LogP contribution in [0.3, 0.4) is 0 Å². The number of benzene rings is 3. The first-order chi connectivity index (χ1) is 15.6. The summed E-state index contributed by atoms with van der Waals surface area (Å²) in [6.45, 7) is 8.17. The van der Waals surface area contributed by atoms with Gasteiger partial charge in [-0.2, -0.15) is 0 Å². The summed E-state index contributed by atoms with van der Waals surface area (Å²) < 4.78 is 13.6. The van der Waals surface area contributed by atoms with Gasteiger partial charge in [0, 0.05) is 10.7 Å². The van der Waals surface area contributed by atoms with E-state index in [1.165, 1.54) is 24.3 Å². The SMILES string of the molecule is Cc1ccc(Cl)cc1N1C(=O)C(Nc2ccc(C(C)(C)C)cc2)=C(c2ccc(F)cc2)C1=O. The van der Waals surface area contributed by atoms with E-state index >= 15 is 0 Å². The van der Waals surface area contributed by atoms with E-state index in [9.17, 15) is 14.0 Å². The summed E-state index contributed by atoms with van der Waals surface area (Å²) in [5.74, 6) is -1.42. The molecule has 0 spiro atoms. The maximum absolute atomic E-state index is 13.6. The van der Waals surface area contributed by atoms with Crippen LogP contribution in [-0.4, -0.2) is 11.8 Å².